The van der Waals surface area contributed by atoms with Gasteiger partial charge in [-0.05, 0) is 50.1 Å². The first-order chi connectivity index (χ1) is 9.20. The number of likely N-dealkylation sites (tertiary alicyclic amines) is 1. The topological polar surface area (TPSA) is 42.1 Å². The van der Waals surface area contributed by atoms with E-state index in [4.69, 9.17) is 5.73 Å². The molecule has 1 aromatic carbocycles. The van der Waals surface area contributed by atoms with E-state index < -0.39 is 0 Å². The maximum atomic E-state index is 6.03. The van der Waals surface area contributed by atoms with Crippen molar-refractivity contribution in [2.75, 3.05) is 13.1 Å². The lowest BCUT2D eigenvalue weighted by Crippen LogP contribution is -2.42. The van der Waals surface area contributed by atoms with Crippen molar-refractivity contribution in [1.82, 2.24) is 9.88 Å². The molecule has 0 bridgehead atoms. The number of aryl methyl sites for hydroxylation is 1. The van der Waals surface area contributed by atoms with Crippen LogP contribution in [0, 0.1) is 6.92 Å². The average Bonchev–Trinajstić information content (AvgIpc) is 2.39. The monoisotopic (exact) mass is 291 g/mol. The van der Waals surface area contributed by atoms with Crippen LogP contribution in [0.25, 0.3) is 10.9 Å². The predicted octanol–water partition coefficient (Wildman–Crippen LogP) is 2.89. The van der Waals surface area contributed by atoms with Crippen LogP contribution in [0.2, 0.25) is 0 Å². The molecular weight excluding hydrogens is 270 g/mol. The van der Waals surface area contributed by atoms with Crippen molar-refractivity contribution in [1.29, 1.82) is 0 Å². The molecule has 3 nitrogen and oxygen atoms in total. The number of pyridine rings is 1. The quantitative estimate of drug-likeness (QED) is 0.925. The first kappa shape index (κ1) is 15.2. The third-order valence-corrected chi connectivity index (χ3v) is 3.84. The second kappa shape index (κ2) is 6.53. The fourth-order valence-corrected chi connectivity index (χ4v) is 2.87. The first-order valence-electron chi connectivity index (χ1n) is 7.05. The van der Waals surface area contributed by atoms with Crippen molar-refractivity contribution in [3.8, 4) is 0 Å². The van der Waals surface area contributed by atoms with Crippen molar-refractivity contribution in [2.24, 2.45) is 5.73 Å². The third-order valence-electron chi connectivity index (χ3n) is 3.84. The number of nitrogens with two attached hydrogens (primary N) is 1. The summed E-state index contributed by atoms with van der Waals surface area (Å²) in [5.41, 5.74) is 9.54. The average molecular weight is 292 g/mol. The summed E-state index contributed by atoms with van der Waals surface area (Å²) in [5, 5.41) is 1.23. The first-order valence-corrected chi connectivity index (χ1v) is 7.05. The molecule has 3 rings (SSSR count). The highest BCUT2D eigenvalue weighted by atomic mass is 35.5. The molecule has 1 aliphatic heterocycles. The summed E-state index contributed by atoms with van der Waals surface area (Å²) in [6.07, 6.45) is 2.38. The fourth-order valence-electron chi connectivity index (χ4n) is 2.87. The molecule has 20 heavy (non-hydrogen) atoms. The molecule has 2 N–H and O–H groups in total. The van der Waals surface area contributed by atoms with Crippen molar-refractivity contribution in [2.45, 2.75) is 32.4 Å². The van der Waals surface area contributed by atoms with Gasteiger partial charge in [-0.1, -0.05) is 12.1 Å². The van der Waals surface area contributed by atoms with Gasteiger partial charge in [0.2, 0.25) is 0 Å². The zero-order chi connectivity index (χ0) is 13.2. The molecule has 1 unspecified atom stereocenters. The van der Waals surface area contributed by atoms with Crippen LogP contribution in [0.5, 0.6) is 0 Å². The normalized spacial score (nSPS) is 19.8. The Morgan fingerprint density at radius 1 is 1.30 bits per heavy atom. The maximum Gasteiger partial charge on any atom is 0.0705 e. The van der Waals surface area contributed by atoms with E-state index in [9.17, 15) is 0 Å². The number of hydrogen-bond acceptors (Lipinski definition) is 3. The molecule has 1 fully saturated rings. The van der Waals surface area contributed by atoms with E-state index in [1.165, 1.54) is 17.4 Å². The maximum absolute atomic E-state index is 6.03. The highest BCUT2D eigenvalue weighted by Crippen LogP contribution is 2.18. The number of hydrogen-bond donors (Lipinski definition) is 1. The van der Waals surface area contributed by atoms with Gasteiger partial charge in [0, 0.05) is 30.2 Å². The standard InChI is InChI=1S/C16H21N3.ClH/c1-12-4-6-14-9-13(5-7-16(14)18-12)10-19-8-2-3-15(17)11-19;/h4-7,9,15H,2-3,8,10-11,17H2,1H3;1H. The zero-order valence-electron chi connectivity index (χ0n) is 11.9. The van der Waals surface area contributed by atoms with Crippen LogP contribution < -0.4 is 5.73 Å². The van der Waals surface area contributed by atoms with Gasteiger partial charge in [-0.25, -0.2) is 0 Å². The van der Waals surface area contributed by atoms with Crippen LogP contribution >= 0.6 is 12.4 Å². The number of benzene rings is 1. The Kier molecular flexibility index (Phi) is 4.97. The Balaban J connectivity index is 0.00000147. The highest BCUT2D eigenvalue weighted by Gasteiger charge is 2.16. The van der Waals surface area contributed by atoms with Gasteiger partial charge in [0.15, 0.2) is 0 Å². The van der Waals surface area contributed by atoms with Crippen LogP contribution in [-0.4, -0.2) is 29.0 Å². The molecule has 4 heteroatoms. The van der Waals surface area contributed by atoms with Crippen molar-refractivity contribution < 1.29 is 0 Å². The molecule has 0 amide bonds. The molecule has 0 saturated carbocycles. The molecular formula is C16H22ClN3. The predicted molar refractivity (Wildman–Crippen MR) is 86.2 cm³/mol. The van der Waals surface area contributed by atoms with Crippen LogP contribution in [0.15, 0.2) is 30.3 Å². The third kappa shape index (κ3) is 3.48. The number of fused-ring (bicyclic) bond motifs is 1. The smallest absolute Gasteiger partial charge is 0.0705 e. The molecule has 1 aromatic heterocycles. The molecule has 0 spiro atoms. The molecule has 2 aromatic rings. The molecule has 0 aliphatic carbocycles. The molecule has 1 saturated heterocycles. The van der Waals surface area contributed by atoms with Crippen LogP contribution in [0.3, 0.4) is 0 Å². The summed E-state index contributed by atoms with van der Waals surface area (Å²) in [6, 6.07) is 11.1. The Morgan fingerprint density at radius 3 is 2.95 bits per heavy atom. The van der Waals surface area contributed by atoms with Gasteiger partial charge < -0.3 is 5.73 Å². The van der Waals surface area contributed by atoms with Crippen LogP contribution in [0.4, 0.5) is 0 Å². The number of rotatable bonds is 2. The van der Waals surface area contributed by atoms with Gasteiger partial charge in [0.1, 0.15) is 0 Å². The zero-order valence-corrected chi connectivity index (χ0v) is 12.7. The van der Waals surface area contributed by atoms with Gasteiger partial charge >= 0.3 is 0 Å². The summed E-state index contributed by atoms with van der Waals surface area (Å²) in [7, 11) is 0. The lowest BCUT2D eigenvalue weighted by molar-refractivity contribution is 0.201. The lowest BCUT2D eigenvalue weighted by Gasteiger charge is -2.30. The molecule has 108 valence electrons. The van der Waals surface area contributed by atoms with Gasteiger partial charge in [-0.3, -0.25) is 9.88 Å². The van der Waals surface area contributed by atoms with Crippen LogP contribution in [0.1, 0.15) is 24.1 Å². The summed E-state index contributed by atoms with van der Waals surface area (Å²) in [4.78, 5) is 7.00. The summed E-state index contributed by atoms with van der Waals surface area (Å²) >= 11 is 0. The van der Waals surface area contributed by atoms with Gasteiger partial charge in [-0.2, -0.15) is 0 Å². The minimum absolute atomic E-state index is 0. The minimum Gasteiger partial charge on any atom is -0.327 e. The largest absolute Gasteiger partial charge is 0.327 e. The number of halogens is 1. The Hall–Kier alpha value is -1.16. The number of aromatic nitrogens is 1. The Labute approximate surface area is 126 Å². The Morgan fingerprint density at radius 2 is 2.15 bits per heavy atom. The van der Waals surface area contributed by atoms with E-state index >= 15 is 0 Å². The van der Waals surface area contributed by atoms with Crippen molar-refractivity contribution >= 4 is 23.3 Å². The Bertz CT molecular complexity index is 585. The minimum atomic E-state index is 0. The number of piperidine rings is 1. The van der Waals surface area contributed by atoms with Crippen molar-refractivity contribution in [3.63, 3.8) is 0 Å². The van der Waals surface area contributed by atoms with E-state index in [1.807, 2.05) is 6.92 Å². The van der Waals surface area contributed by atoms with E-state index in [0.29, 0.717) is 6.04 Å². The van der Waals surface area contributed by atoms with E-state index in [-0.39, 0.29) is 12.4 Å². The van der Waals surface area contributed by atoms with Gasteiger partial charge in [0.25, 0.3) is 0 Å². The SMILES string of the molecule is Cc1ccc2cc(CN3CCCC(N)C3)ccc2n1.Cl. The molecule has 2 heterocycles. The van der Waals surface area contributed by atoms with E-state index in [0.717, 1.165) is 37.3 Å². The second-order valence-electron chi connectivity index (χ2n) is 5.62. The number of nitrogens with zero attached hydrogens (tertiary/aromatic N) is 2. The summed E-state index contributed by atoms with van der Waals surface area (Å²) in [5.74, 6) is 0. The van der Waals surface area contributed by atoms with Crippen molar-refractivity contribution in [3.05, 3.63) is 41.6 Å². The molecule has 1 atom stereocenters. The summed E-state index contributed by atoms with van der Waals surface area (Å²) in [6.45, 7) is 5.21. The molecule has 0 radical (unpaired) electrons. The highest BCUT2D eigenvalue weighted by molar-refractivity contribution is 5.85. The lowest BCUT2D eigenvalue weighted by atomic mass is 10.0. The van der Waals surface area contributed by atoms with Gasteiger partial charge in [-0.15, -0.1) is 12.4 Å². The van der Waals surface area contributed by atoms with Gasteiger partial charge in [0.05, 0.1) is 5.52 Å². The summed E-state index contributed by atoms with van der Waals surface area (Å²) < 4.78 is 0. The fraction of sp³-hybridized carbons (Fsp3) is 0.438. The van der Waals surface area contributed by atoms with E-state index in [1.54, 1.807) is 0 Å². The second-order valence-corrected chi connectivity index (χ2v) is 5.62. The van der Waals surface area contributed by atoms with E-state index in [2.05, 4.69) is 40.2 Å². The molecule has 1 aliphatic rings. The van der Waals surface area contributed by atoms with Crippen LogP contribution in [-0.2, 0) is 6.54 Å².